The number of rotatable bonds is 9. The molecule has 0 amide bonds. The van der Waals surface area contributed by atoms with Crippen LogP contribution in [0.25, 0.3) is 44.7 Å². The zero-order valence-corrected chi connectivity index (χ0v) is 21.7. The molecule has 0 bridgehead atoms. The van der Waals surface area contributed by atoms with E-state index in [4.69, 9.17) is 4.42 Å². The highest BCUT2D eigenvalue weighted by molar-refractivity contribution is 6.16. The van der Waals surface area contributed by atoms with Gasteiger partial charge in [-0.3, -0.25) is 4.79 Å². The van der Waals surface area contributed by atoms with E-state index >= 15 is 0 Å². The van der Waals surface area contributed by atoms with Crippen molar-refractivity contribution in [3.05, 3.63) is 102 Å². The summed E-state index contributed by atoms with van der Waals surface area (Å²) >= 11 is 0. The van der Waals surface area contributed by atoms with Crippen LogP contribution in [0.5, 0.6) is 0 Å². The number of nitrogens with zero attached hydrogens (tertiary/aromatic N) is 4. The summed E-state index contributed by atoms with van der Waals surface area (Å²) in [6.07, 6.45) is 6.22. The Morgan fingerprint density at radius 3 is 2.36 bits per heavy atom. The lowest BCUT2D eigenvalue weighted by Crippen LogP contribution is -2.05. The second kappa shape index (κ2) is 10.5. The molecule has 2 aromatic heterocycles. The number of aryl methyl sites for hydroxylation is 1. The number of hydrogen-bond acceptors (Lipinski definition) is 6. The number of hydrogen-bond donors (Lipinski definition) is 1. The van der Waals surface area contributed by atoms with E-state index in [9.17, 15) is 10.0 Å². The molecule has 0 atom stereocenters. The van der Waals surface area contributed by atoms with Crippen molar-refractivity contribution in [2.75, 3.05) is 0 Å². The molecule has 0 aliphatic carbocycles. The highest BCUT2D eigenvalue weighted by Gasteiger charge is 2.19. The van der Waals surface area contributed by atoms with Crippen LogP contribution in [-0.4, -0.2) is 31.1 Å². The second-order valence-corrected chi connectivity index (χ2v) is 9.77. The quantitative estimate of drug-likeness (QED) is 0.121. The Hall–Kier alpha value is -4.78. The van der Waals surface area contributed by atoms with Crippen molar-refractivity contribution in [2.24, 2.45) is 0 Å². The first kappa shape index (κ1) is 24.6. The summed E-state index contributed by atoms with van der Waals surface area (Å²) in [5.41, 5.74) is 7.16. The molecule has 0 radical (unpaired) electrons. The maximum atomic E-state index is 13.3. The standard InChI is InChI=1S/C32H28N4O3/c1-2-3-4-5-7-21-10-12-22(13-11-21)23-14-16-24(17-15-23)32-33-28-20-25(18-19-29(28)39-32)31(37)26-8-6-9-27-30(26)36(38)35-34-27/h6,8-20,38H,2-5,7H2,1H3. The molecule has 194 valence electrons. The molecule has 0 fully saturated rings. The van der Waals surface area contributed by atoms with Gasteiger partial charge in [-0.2, -0.15) is 0 Å². The normalized spacial score (nSPS) is 11.4. The minimum absolute atomic E-state index is 0.263. The first-order valence-corrected chi connectivity index (χ1v) is 13.3. The Kier molecular flexibility index (Phi) is 6.63. The molecule has 0 unspecified atom stereocenters. The number of aromatic nitrogens is 4. The summed E-state index contributed by atoms with van der Waals surface area (Å²) in [6.45, 7) is 2.24. The first-order valence-electron chi connectivity index (χ1n) is 13.3. The van der Waals surface area contributed by atoms with Crippen molar-refractivity contribution < 1.29 is 14.4 Å². The van der Waals surface area contributed by atoms with Gasteiger partial charge in [0.2, 0.25) is 5.89 Å². The molecule has 1 N–H and O–H groups in total. The molecular weight excluding hydrogens is 488 g/mol. The predicted molar refractivity (Wildman–Crippen MR) is 151 cm³/mol. The van der Waals surface area contributed by atoms with Crippen LogP contribution >= 0.6 is 0 Å². The Balaban J connectivity index is 1.21. The monoisotopic (exact) mass is 516 g/mol. The maximum Gasteiger partial charge on any atom is 0.227 e. The molecule has 7 heteroatoms. The van der Waals surface area contributed by atoms with Gasteiger partial charge in [-0.25, -0.2) is 4.98 Å². The maximum absolute atomic E-state index is 13.3. The molecule has 2 heterocycles. The predicted octanol–water partition coefficient (Wildman–Crippen LogP) is 7.50. The minimum Gasteiger partial charge on any atom is -0.436 e. The number of carbonyl (C=O) groups is 1. The molecule has 0 saturated heterocycles. The summed E-state index contributed by atoms with van der Waals surface area (Å²) in [7, 11) is 0. The third-order valence-electron chi connectivity index (χ3n) is 7.08. The third-order valence-corrected chi connectivity index (χ3v) is 7.08. The van der Waals surface area contributed by atoms with Gasteiger partial charge in [0.05, 0.1) is 5.56 Å². The van der Waals surface area contributed by atoms with Crippen LogP contribution in [0.2, 0.25) is 0 Å². The molecule has 0 aliphatic heterocycles. The number of unbranched alkanes of at least 4 members (excludes halogenated alkanes) is 3. The van der Waals surface area contributed by atoms with Gasteiger partial charge in [0.1, 0.15) is 16.6 Å². The van der Waals surface area contributed by atoms with E-state index in [1.807, 2.05) is 12.1 Å². The smallest absolute Gasteiger partial charge is 0.227 e. The van der Waals surface area contributed by atoms with Crippen LogP contribution < -0.4 is 0 Å². The first-order chi connectivity index (χ1) is 19.1. The number of oxazole rings is 1. The molecule has 0 spiro atoms. The molecule has 0 aliphatic rings. The molecule has 7 nitrogen and oxygen atoms in total. The Bertz CT molecular complexity index is 1770. The molecule has 4 aromatic carbocycles. The lowest BCUT2D eigenvalue weighted by molar-refractivity contribution is 0.103. The average molecular weight is 517 g/mol. The topological polar surface area (TPSA) is 94.0 Å². The number of benzene rings is 4. The Labute approximate surface area is 225 Å². The van der Waals surface area contributed by atoms with Gasteiger partial charge in [0.25, 0.3) is 0 Å². The van der Waals surface area contributed by atoms with Crippen LogP contribution in [-0.2, 0) is 6.42 Å². The Morgan fingerprint density at radius 1 is 0.846 bits per heavy atom. The third kappa shape index (κ3) is 4.91. The van der Waals surface area contributed by atoms with E-state index in [0.717, 1.165) is 17.5 Å². The van der Waals surface area contributed by atoms with Gasteiger partial charge in [-0.05, 0) is 77.2 Å². The summed E-state index contributed by atoms with van der Waals surface area (Å²) in [5.74, 6) is 0.226. The van der Waals surface area contributed by atoms with Crippen molar-refractivity contribution in [3.8, 4) is 22.6 Å². The largest absolute Gasteiger partial charge is 0.436 e. The average Bonchev–Trinajstić information content (AvgIpc) is 3.58. The zero-order chi connectivity index (χ0) is 26.8. The van der Waals surface area contributed by atoms with Crippen LogP contribution in [0.3, 0.4) is 0 Å². The van der Waals surface area contributed by atoms with Gasteiger partial charge in [0.15, 0.2) is 11.4 Å². The number of carbonyl (C=O) groups excluding carboxylic acids is 1. The lowest BCUT2D eigenvalue weighted by atomic mass is 10.0. The highest BCUT2D eigenvalue weighted by Crippen LogP contribution is 2.29. The van der Waals surface area contributed by atoms with Gasteiger partial charge < -0.3 is 9.62 Å². The summed E-state index contributed by atoms with van der Waals surface area (Å²) in [4.78, 5) is 18.5. The molecular formula is C32H28N4O3. The second-order valence-electron chi connectivity index (χ2n) is 9.77. The number of ketones is 1. The van der Waals surface area contributed by atoms with E-state index in [1.54, 1.807) is 36.4 Å². The van der Waals surface area contributed by atoms with Gasteiger partial charge in [-0.1, -0.05) is 73.5 Å². The molecule has 39 heavy (non-hydrogen) atoms. The van der Waals surface area contributed by atoms with Crippen molar-refractivity contribution in [2.45, 2.75) is 39.0 Å². The van der Waals surface area contributed by atoms with E-state index < -0.39 is 0 Å². The van der Waals surface area contributed by atoms with E-state index in [2.05, 4.69) is 58.6 Å². The van der Waals surface area contributed by atoms with E-state index in [1.165, 1.54) is 36.8 Å². The summed E-state index contributed by atoms with van der Waals surface area (Å²) < 4.78 is 6.00. The van der Waals surface area contributed by atoms with E-state index in [0.29, 0.717) is 38.5 Å². The molecule has 6 rings (SSSR count). The van der Waals surface area contributed by atoms with Crippen molar-refractivity contribution in [1.82, 2.24) is 20.1 Å². The number of fused-ring (bicyclic) bond motifs is 2. The molecule has 0 saturated carbocycles. The van der Waals surface area contributed by atoms with Gasteiger partial charge in [-0.15, -0.1) is 5.10 Å². The van der Waals surface area contributed by atoms with E-state index in [-0.39, 0.29) is 11.3 Å². The molecule has 6 aromatic rings. The fraction of sp³-hybridized carbons (Fsp3) is 0.188. The zero-order valence-electron chi connectivity index (χ0n) is 21.7. The fourth-order valence-electron chi connectivity index (χ4n) is 4.91. The fourth-order valence-corrected chi connectivity index (χ4v) is 4.91. The van der Waals surface area contributed by atoms with Crippen LogP contribution in [0, 0.1) is 0 Å². The Morgan fingerprint density at radius 2 is 1.59 bits per heavy atom. The SMILES string of the molecule is CCCCCCc1ccc(-c2ccc(-c3nc4cc(C(=O)c5cccc6nnn(O)c56)ccc4o3)cc2)cc1. The highest BCUT2D eigenvalue weighted by atomic mass is 16.5. The van der Waals surface area contributed by atoms with Gasteiger partial charge in [0, 0.05) is 11.1 Å². The summed E-state index contributed by atoms with van der Waals surface area (Å²) in [5, 5.41) is 17.5. The lowest BCUT2D eigenvalue weighted by Gasteiger charge is -2.05. The van der Waals surface area contributed by atoms with Crippen molar-refractivity contribution in [3.63, 3.8) is 0 Å². The number of para-hydroxylation sites is 1. The van der Waals surface area contributed by atoms with Crippen molar-refractivity contribution >= 4 is 27.9 Å². The summed E-state index contributed by atoms with van der Waals surface area (Å²) in [6, 6.07) is 27.1. The van der Waals surface area contributed by atoms with Crippen LogP contribution in [0.15, 0.2) is 89.3 Å². The van der Waals surface area contributed by atoms with Gasteiger partial charge >= 0.3 is 0 Å². The van der Waals surface area contributed by atoms with Crippen molar-refractivity contribution in [1.29, 1.82) is 0 Å². The van der Waals surface area contributed by atoms with Crippen LogP contribution in [0.4, 0.5) is 0 Å². The minimum atomic E-state index is -0.263. The van der Waals surface area contributed by atoms with Crippen LogP contribution in [0.1, 0.15) is 54.1 Å².